The van der Waals surface area contributed by atoms with Gasteiger partial charge in [0.25, 0.3) is 5.78 Å². The van der Waals surface area contributed by atoms with Crippen LogP contribution in [-0.2, 0) is 4.79 Å². The van der Waals surface area contributed by atoms with Crippen LogP contribution in [0.5, 0.6) is 5.75 Å². The molecule has 0 amide bonds. The summed E-state index contributed by atoms with van der Waals surface area (Å²) in [6.45, 7) is 6.91. The maximum Gasteiger partial charge on any atom is 0.347 e. The number of aromatic nitrogens is 5. The summed E-state index contributed by atoms with van der Waals surface area (Å²) in [5.74, 6) is 0.290. The van der Waals surface area contributed by atoms with Crippen LogP contribution >= 0.6 is 0 Å². The lowest BCUT2D eigenvalue weighted by Crippen LogP contribution is -2.48. The van der Waals surface area contributed by atoms with E-state index in [0.717, 1.165) is 19.6 Å². The molecule has 0 atom stereocenters. The quantitative estimate of drug-likeness (QED) is 0.292. The number of benzene rings is 1. The van der Waals surface area contributed by atoms with E-state index in [9.17, 15) is 14.3 Å². The molecule has 4 N–H and O–H groups in total. The normalized spacial score (nSPS) is 14.7. The van der Waals surface area contributed by atoms with Crippen molar-refractivity contribution in [2.75, 3.05) is 55.2 Å². The van der Waals surface area contributed by atoms with E-state index in [1.807, 2.05) is 4.90 Å². The van der Waals surface area contributed by atoms with E-state index in [1.165, 1.54) is 30.7 Å². The summed E-state index contributed by atoms with van der Waals surface area (Å²) in [6.07, 6.45) is 1.54. The Balaban J connectivity index is 1.13. The summed E-state index contributed by atoms with van der Waals surface area (Å²) < 4.78 is 26.9. The van der Waals surface area contributed by atoms with Crippen LogP contribution in [0.25, 0.3) is 17.4 Å². The lowest BCUT2D eigenvalue weighted by Gasteiger charge is -2.36. The highest BCUT2D eigenvalue weighted by Gasteiger charge is 2.30. The largest absolute Gasteiger partial charge is 0.478 e. The molecule has 0 unspecified atom stereocenters. The van der Waals surface area contributed by atoms with Gasteiger partial charge in [-0.1, -0.05) is 0 Å². The van der Waals surface area contributed by atoms with Crippen molar-refractivity contribution in [2.45, 2.75) is 19.4 Å². The molecular formula is C24H28FN9O4. The van der Waals surface area contributed by atoms with Crippen LogP contribution in [0.3, 0.4) is 0 Å². The first-order valence-electron chi connectivity index (χ1n) is 12.1. The van der Waals surface area contributed by atoms with Crippen LogP contribution in [0, 0.1) is 5.82 Å². The van der Waals surface area contributed by atoms with Crippen LogP contribution < -0.4 is 20.7 Å². The third kappa shape index (κ3) is 5.29. The van der Waals surface area contributed by atoms with Crippen LogP contribution in [-0.4, -0.2) is 85.4 Å². The van der Waals surface area contributed by atoms with E-state index < -0.39 is 17.4 Å². The van der Waals surface area contributed by atoms with Gasteiger partial charge in [-0.15, -0.1) is 5.10 Å². The van der Waals surface area contributed by atoms with Crippen molar-refractivity contribution in [1.82, 2.24) is 29.5 Å². The zero-order chi connectivity index (χ0) is 26.9. The molecule has 4 aromatic rings. The van der Waals surface area contributed by atoms with Gasteiger partial charge in [0.2, 0.25) is 17.7 Å². The second-order valence-electron chi connectivity index (χ2n) is 9.32. The molecule has 5 rings (SSSR count). The summed E-state index contributed by atoms with van der Waals surface area (Å²) in [4.78, 5) is 28.5. The fraction of sp³-hybridized carbons (Fsp3) is 0.375. The van der Waals surface area contributed by atoms with Gasteiger partial charge in [-0.25, -0.2) is 9.18 Å². The molecule has 13 nitrogen and oxygen atoms in total. The van der Waals surface area contributed by atoms with Gasteiger partial charge in [0, 0.05) is 45.3 Å². The number of rotatable bonds is 9. The maximum absolute atomic E-state index is 14.8. The molecule has 200 valence electrons. The first kappa shape index (κ1) is 25.2. The Hall–Kier alpha value is -4.46. The molecule has 4 heterocycles. The first-order chi connectivity index (χ1) is 18.2. The predicted molar refractivity (Wildman–Crippen MR) is 137 cm³/mol. The third-order valence-electron chi connectivity index (χ3n) is 6.21. The summed E-state index contributed by atoms with van der Waals surface area (Å²) >= 11 is 0. The number of nitrogens with two attached hydrogens (primary N) is 1. The van der Waals surface area contributed by atoms with Crippen molar-refractivity contribution in [3.63, 3.8) is 0 Å². The number of nitrogen functional groups attached to an aromatic ring is 1. The fourth-order valence-corrected chi connectivity index (χ4v) is 4.08. The number of fused-ring (bicyclic) bond motifs is 1. The van der Waals surface area contributed by atoms with Crippen molar-refractivity contribution in [3.8, 4) is 17.3 Å². The summed E-state index contributed by atoms with van der Waals surface area (Å²) in [5, 5.41) is 16.7. The van der Waals surface area contributed by atoms with Crippen molar-refractivity contribution < 1.29 is 23.4 Å². The van der Waals surface area contributed by atoms with Crippen LogP contribution in [0.4, 0.5) is 22.0 Å². The SMILES string of the molecule is CC(C)(Oc1ccc(N2CCN(CCNc3nc(N)n4nc(-c5ccco5)nc4n3)CC2)c(F)c1)C(=O)O. The van der Waals surface area contributed by atoms with Crippen molar-refractivity contribution in [3.05, 3.63) is 42.4 Å². The molecule has 1 aliphatic heterocycles. The van der Waals surface area contributed by atoms with E-state index in [2.05, 4.69) is 30.3 Å². The zero-order valence-corrected chi connectivity index (χ0v) is 21.0. The van der Waals surface area contributed by atoms with Gasteiger partial charge < -0.3 is 30.2 Å². The Morgan fingerprint density at radius 1 is 1.21 bits per heavy atom. The van der Waals surface area contributed by atoms with Crippen molar-refractivity contribution >= 4 is 29.3 Å². The van der Waals surface area contributed by atoms with Crippen molar-refractivity contribution in [1.29, 1.82) is 0 Å². The molecule has 0 aliphatic carbocycles. The Kier molecular flexibility index (Phi) is 6.72. The molecule has 1 aliphatic rings. The number of carbonyl (C=O) groups is 1. The maximum atomic E-state index is 14.8. The Labute approximate surface area is 217 Å². The molecule has 3 aromatic heterocycles. The summed E-state index contributed by atoms with van der Waals surface area (Å²) in [7, 11) is 0. The Morgan fingerprint density at radius 2 is 2.00 bits per heavy atom. The second kappa shape index (κ2) is 10.1. The van der Waals surface area contributed by atoms with E-state index >= 15 is 0 Å². The van der Waals surface area contributed by atoms with Gasteiger partial charge in [-0.05, 0) is 38.1 Å². The highest BCUT2D eigenvalue weighted by atomic mass is 19.1. The second-order valence-corrected chi connectivity index (χ2v) is 9.32. The lowest BCUT2D eigenvalue weighted by molar-refractivity contribution is -0.152. The number of carboxylic acid groups (broad SMARTS) is 1. The van der Waals surface area contributed by atoms with Gasteiger partial charge in [-0.2, -0.15) is 19.5 Å². The Bertz CT molecular complexity index is 1430. The molecule has 0 radical (unpaired) electrons. The standard InChI is InChI=1S/C24H28FN9O4/c1-24(2,20(35)36)38-15-5-6-17(16(25)14-15)33-11-9-32(10-12-33)8-7-27-22-29-21(26)34-23(30-22)28-19(31-34)18-4-3-13-37-18/h3-6,13-14H,7-12H2,1-2H3,(H,35,36)(H3,26,27,28,29,30,31). The van der Waals surface area contributed by atoms with E-state index in [1.54, 1.807) is 24.3 Å². The van der Waals surface area contributed by atoms with Gasteiger partial charge in [-0.3, -0.25) is 4.90 Å². The first-order valence-corrected chi connectivity index (χ1v) is 12.1. The topological polar surface area (TPSA) is 160 Å². The number of ether oxygens (including phenoxy) is 1. The average Bonchev–Trinajstić information content (AvgIpc) is 3.55. The number of hydrogen-bond donors (Lipinski definition) is 3. The minimum Gasteiger partial charge on any atom is -0.478 e. The van der Waals surface area contributed by atoms with Crippen LogP contribution in [0.1, 0.15) is 13.8 Å². The van der Waals surface area contributed by atoms with Crippen LogP contribution in [0.15, 0.2) is 41.0 Å². The predicted octanol–water partition coefficient (Wildman–Crippen LogP) is 1.98. The average molecular weight is 526 g/mol. The number of nitrogens with one attached hydrogen (secondary N) is 1. The minimum atomic E-state index is -1.45. The number of aliphatic carboxylic acids is 1. The molecule has 0 saturated carbocycles. The smallest absolute Gasteiger partial charge is 0.347 e. The number of halogens is 1. The number of furan rings is 1. The lowest BCUT2D eigenvalue weighted by atomic mass is 10.1. The molecule has 1 saturated heterocycles. The number of piperazine rings is 1. The summed E-state index contributed by atoms with van der Waals surface area (Å²) in [5.41, 5.74) is 5.04. The third-order valence-corrected chi connectivity index (χ3v) is 6.21. The van der Waals surface area contributed by atoms with Gasteiger partial charge >= 0.3 is 5.97 Å². The highest BCUT2D eigenvalue weighted by molar-refractivity contribution is 5.76. The molecule has 1 fully saturated rings. The number of carboxylic acids is 1. The van der Waals surface area contributed by atoms with E-state index in [4.69, 9.17) is 14.9 Å². The molecule has 38 heavy (non-hydrogen) atoms. The van der Waals surface area contributed by atoms with E-state index in [0.29, 0.717) is 48.6 Å². The molecule has 0 spiro atoms. The molecular weight excluding hydrogens is 497 g/mol. The summed E-state index contributed by atoms with van der Waals surface area (Å²) in [6, 6.07) is 7.94. The highest BCUT2D eigenvalue weighted by Crippen LogP contribution is 2.27. The van der Waals surface area contributed by atoms with Crippen LogP contribution in [0.2, 0.25) is 0 Å². The van der Waals surface area contributed by atoms with Gasteiger partial charge in [0.05, 0.1) is 12.0 Å². The van der Waals surface area contributed by atoms with Gasteiger partial charge in [0.1, 0.15) is 11.6 Å². The monoisotopic (exact) mass is 525 g/mol. The fourth-order valence-electron chi connectivity index (χ4n) is 4.08. The molecule has 1 aromatic carbocycles. The number of hydrogen-bond acceptors (Lipinski definition) is 11. The van der Waals surface area contributed by atoms with E-state index in [-0.39, 0.29) is 11.7 Å². The zero-order valence-electron chi connectivity index (χ0n) is 21.0. The molecule has 0 bridgehead atoms. The van der Waals surface area contributed by atoms with Gasteiger partial charge in [0.15, 0.2) is 11.4 Å². The number of anilines is 3. The van der Waals surface area contributed by atoms with Crippen molar-refractivity contribution in [2.24, 2.45) is 0 Å². The molecule has 14 heteroatoms. The minimum absolute atomic E-state index is 0.154. The number of nitrogens with zero attached hydrogens (tertiary/aromatic N) is 7. The Morgan fingerprint density at radius 3 is 2.68 bits per heavy atom.